The Morgan fingerprint density at radius 3 is 1.18 bits per heavy atom. The van der Waals surface area contributed by atoms with Gasteiger partial charge >= 0.3 is 0 Å². The molecule has 0 spiro atoms. The molecule has 0 amide bonds. The largest absolute Gasteiger partial charge is 0.317 e. The summed E-state index contributed by atoms with van der Waals surface area (Å²) in [6.07, 6.45) is 4.34. The molecule has 4 heterocycles. The molecule has 4 nitrogen and oxygen atoms in total. The third-order valence-electron chi connectivity index (χ3n) is 10.4. The average molecular weight is 639 g/mol. The molecule has 50 heavy (non-hydrogen) atoms. The maximum Gasteiger partial charge on any atom is 0.0542 e. The van der Waals surface area contributed by atoms with Crippen LogP contribution in [0.5, 0.6) is 0 Å². The Hall–Kier alpha value is -6.78. The zero-order valence-corrected chi connectivity index (χ0v) is 27.1. The zero-order valence-electron chi connectivity index (χ0n) is 27.1. The number of fused-ring (bicyclic) bond motifs is 8. The van der Waals surface area contributed by atoms with Crippen molar-refractivity contribution in [1.29, 1.82) is 0 Å². The summed E-state index contributed by atoms with van der Waals surface area (Å²) in [5.74, 6) is 0. The highest BCUT2D eigenvalue weighted by Gasteiger charge is 2.17. The minimum atomic E-state index is 1.13. The smallest absolute Gasteiger partial charge is 0.0542 e. The number of hydrogen-bond acceptors (Lipinski definition) is 0. The first-order valence-corrected chi connectivity index (χ1v) is 17.1. The number of benzene rings is 7. The van der Waals surface area contributed by atoms with E-state index >= 15 is 0 Å². The van der Waals surface area contributed by atoms with Crippen molar-refractivity contribution in [3.8, 4) is 22.7 Å². The molecule has 7 aromatic carbocycles. The molecule has 0 aliphatic rings. The fourth-order valence-electron chi connectivity index (χ4n) is 8.17. The quantitative estimate of drug-likeness (QED) is 0.183. The normalized spacial score (nSPS) is 12.0. The molecule has 11 aromatic rings. The van der Waals surface area contributed by atoms with E-state index in [0.717, 1.165) is 22.7 Å². The van der Waals surface area contributed by atoms with Crippen molar-refractivity contribution in [2.24, 2.45) is 0 Å². The van der Waals surface area contributed by atoms with E-state index in [-0.39, 0.29) is 0 Å². The third-order valence-corrected chi connectivity index (χ3v) is 10.4. The second-order valence-corrected chi connectivity index (χ2v) is 13.1. The van der Waals surface area contributed by atoms with Crippen molar-refractivity contribution in [3.05, 3.63) is 182 Å². The van der Waals surface area contributed by atoms with Gasteiger partial charge in [-0.1, -0.05) is 78.9 Å². The number of para-hydroxylation sites is 4. The second kappa shape index (κ2) is 10.4. The predicted octanol–water partition coefficient (Wildman–Crippen LogP) is 11.8. The summed E-state index contributed by atoms with van der Waals surface area (Å²) in [6, 6.07) is 61.7. The van der Waals surface area contributed by atoms with Crippen LogP contribution in [0.3, 0.4) is 0 Å². The molecule has 4 aromatic heterocycles. The van der Waals surface area contributed by atoms with Gasteiger partial charge in [0.15, 0.2) is 0 Å². The zero-order chi connectivity index (χ0) is 32.8. The lowest BCUT2D eigenvalue weighted by atomic mass is 10.1. The number of hydrogen-bond donors (Lipinski definition) is 0. The van der Waals surface area contributed by atoms with Gasteiger partial charge in [-0.2, -0.15) is 0 Å². The van der Waals surface area contributed by atoms with E-state index in [1.807, 2.05) is 0 Å². The highest BCUT2D eigenvalue weighted by Crippen LogP contribution is 2.37. The van der Waals surface area contributed by atoms with Crippen molar-refractivity contribution in [2.75, 3.05) is 0 Å². The number of nitrogens with zero attached hydrogens (tertiary/aromatic N) is 4. The van der Waals surface area contributed by atoms with Crippen molar-refractivity contribution in [1.82, 2.24) is 18.3 Å². The highest BCUT2D eigenvalue weighted by atomic mass is 15.0. The van der Waals surface area contributed by atoms with Gasteiger partial charge in [0.05, 0.1) is 33.1 Å². The monoisotopic (exact) mass is 638 g/mol. The van der Waals surface area contributed by atoms with E-state index < -0.39 is 0 Å². The van der Waals surface area contributed by atoms with Gasteiger partial charge < -0.3 is 18.3 Å². The van der Waals surface area contributed by atoms with Crippen LogP contribution in [0, 0.1) is 0 Å². The Balaban J connectivity index is 1.10. The first-order valence-electron chi connectivity index (χ1n) is 17.1. The van der Waals surface area contributed by atoms with Crippen LogP contribution in [0.1, 0.15) is 0 Å². The van der Waals surface area contributed by atoms with Gasteiger partial charge in [0.1, 0.15) is 0 Å². The van der Waals surface area contributed by atoms with E-state index in [9.17, 15) is 0 Å². The van der Waals surface area contributed by atoms with Crippen LogP contribution in [0.4, 0.5) is 0 Å². The topological polar surface area (TPSA) is 19.7 Å². The highest BCUT2D eigenvalue weighted by molar-refractivity contribution is 6.11. The second-order valence-electron chi connectivity index (χ2n) is 13.1. The average Bonchev–Trinajstić information content (AvgIpc) is 3.95. The van der Waals surface area contributed by atoms with E-state index in [1.54, 1.807) is 0 Å². The Bertz CT molecular complexity index is 2900. The molecule has 0 radical (unpaired) electrons. The maximum absolute atomic E-state index is 2.41. The molecule has 0 aliphatic carbocycles. The molecule has 0 fully saturated rings. The fourth-order valence-corrected chi connectivity index (χ4v) is 8.17. The molecule has 4 heteroatoms. The molecule has 11 rings (SSSR count). The van der Waals surface area contributed by atoms with Crippen LogP contribution in [-0.2, 0) is 0 Å². The molecule has 0 N–H and O–H groups in total. The summed E-state index contributed by atoms with van der Waals surface area (Å²) in [4.78, 5) is 0. The lowest BCUT2D eigenvalue weighted by molar-refractivity contribution is 1.12. The molecular weight excluding hydrogens is 609 g/mol. The molecule has 0 bridgehead atoms. The van der Waals surface area contributed by atoms with Gasteiger partial charge in [-0.15, -0.1) is 0 Å². The summed E-state index contributed by atoms with van der Waals surface area (Å²) in [5.41, 5.74) is 11.8. The van der Waals surface area contributed by atoms with Gasteiger partial charge in [0.2, 0.25) is 0 Å². The van der Waals surface area contributed by atoms with E-state index in [2.05, 4.69) is 201 Å². The lowest BCUT2D eigenvalue weighted by Crippen LogP contribution is -1.99. The third kappa shape index (κ3) is 3.87. The summed E-state index contributed by atoms with van der Waals surface area (Å²) < 4.78 is 9.39. The Morgan fingerprint density at radius 1 is 0.260 bits per heavy atom. The van der Waals surface area contributed by atoms with Gasteiger partial charge in [0, 0.05) is 56.7 Å². The van der Waals surface area contributed by atoms with Crippen molar-refractivity contribution < 1.29 is 0 Å². The van der Waals surface area contributed by atoms with Crippen molar-refractivity contribution in [2.45, 2.75) is 0 Å². The van der Waals surface area contributed by atoms with Crippen LogP contribution < -0.4 is 0 Å². The Morgan fingerprint density at radius 2 is 0.680 bits per heavy atom. The predicted molar refractivity (Wildman–Crippen MR) is 209 cm³/mol. The molecule has 0 unspecified atom stereocenters. The first kappa shape index (κ1) is 27.2. The standard InChI is InChI=1S/C46H30N4/c1-5-16-41-31(10-1)24-26-47(41)33-20-22-45-39(29-33)37-14-3-7-18-43(37)49(45)35-12-9-13-36(28-35)50-44-19-8-4-15-38(44)40-30-34(21-23-46(40)50)48-27-25-32-11-2-6-17-42(32)48/h1-30H. The number of rotatable bonds is 4. The van der Waals surface area contributed by atoms with Crippen LogP contribution in [0.2, 0.25) is 0 Å². The maximum atomic E-state index is 2.41. The fraction of sp³-hybridized carbons (Fsp3) is 0. The van der Waals surface area contributed by atoms with E-state index in [1.165, 1.54) is 65.4 Å². The minimum Gasteiger partial charge on any atom is -0.317 e. The summed E-state index contributed by atoms with van der Waals surface area (Å²) in [7, 11) is 0. The SMILES string of the molecule is c1cc(-n2c3ccccc3c3cc(-n4ccc5ccccc54)ccc32)cc(-n2c3ccccc3c3cc(-n4ccc5ccccc54)ccc32)c1. The summed E-state index contributed by atoms with van der Waals surface area (Å²) in [5, 5.41) is 7.45. The minimum absolute atomic E-state index is 1.13. The Kier molecular flexibility index (Phi) is 5.63. The van der Waals surface area contributed by atoms with E-state index in [0.29, 0.717) is 0 Å². The summed E-state index contributed by atoms with van der Waals surface area (Å²) >= 11 is 0. The van der Waals surface area contributed by atoms with Crippen molar-refractivity contribution >= 4 is 65.4 Å². The Labute approximate surface area is 287 Å². The molecule has 0 atom stereocenters. The van der Waals surface area contributed by atoms with Gasteiger partial charge in [-0.05, 0) is 102 Å². The van der Waals surface area contributed by atoms with E-state index in [4.69, 9.17) is 0 Å². The van der Waals surface area contributed by atoms with Crippen LogP contribution in [-0.4, -0.2) is 18.3 Å². The lowest BCUT2D eigenvalue weighted by Gasteiger charge is -2.13. The van der Waals surface area contributed by atoms with Crippen LogP contribution in [0.15, 0.2) is 182 Å². The van der Waals surface area contributed by atoms with Crippen LogP contribution in [0.25, 0.3) is 88.2 Å². The van der Waals surface area contributed by atoms with Crippen molar-refractivity contribution in [3.63, 3.8) is 0 Å². The molecular formula is C46H30N4. The summed E-state index contributed by atoms with van der Waals surface area (Å²) in [6.45, 7) is 0. The molecule has 0 aliphatic heterocycles. The van der Waals surface area contributed by atoms with Gasteiger partial charge in [0.25, 0.3) is 0 Å². The van der Waals surface area contributed by atoms with Crippen LogP contribution >= 0.6 is 0 Å². The molecule has 0 saturated carbocycles. The van der Waals surface area contributed by atoms with Gasteiger partial charge in [-0.25, -0.2) is 0 Å². The first-order chi connectivity index (χ1) is 24.8. The number of aromatic nitrogens is 4. The molecule has 234 valence electrons. The molecule has 0 saturated heterocycles. The van der Waals surface area contributed by atoms with Gasteiger partial charge in [-0.3, -0.25) is 0 Å².